The third-order valence-electron chi connectivity index (χ3n) is 1.74. The number of nitrogens with zero attached hydrogens (tertiary/aromatic N) is 4. The van der Waals surface area contributed by atoms with E-state index in [0.29, 0.717) is 6.07 Å². The zero-order chi connectivity index (χ0) is 13.7. The van der Waals surface area contributed by atoms with E-state index in [1.807, 2.05) is 0 Å². The first-order valence-corrected chi connectivity index (χ1v) is 5.06. The number of nitrogens with one attached hydrogen (secondary N) is 1. The van der Waals surface area contributed by atoms with Crippen molar-refractivity contribution in [1.29, 1.82) is 10.5 Å². The second-order valence-electron chi connectivity index (χ2n) is 2.84. The van der Waals surface area contributed by atoms with Gasteiger partial charge in [0.2, 0.25) is 5.71 Å². The molecule has 0 radical (unpaired) electrons. The van der Waals surface area contributed by atoms with Crippen molar-refractivity contribution < 1.29 is 9.31 Å². The molecule has 1 rings (SSSR count). The Morgan fingerprint density at radius 1 is 1.50 bits per heavy atom. The molecule has 7 nitrogen and oxygen atoms in total. The highest BCUT2D eigenvalue weighted by Crippen LogP contribution is 2.30. The van der Waals surface area contributed by atoms with Crippen LogP contribution < -0.4 is 5.43 Å². The monoisotopic (exact) mass is 311 g/mol. The summed E-state index contributed by atoms with van der Waals surface area (Å²) in [5, 5.41) is 30.9. The Balaban J connectivity index is 3.21. The van der Waals surface area contributed by atoms with E-state index in [-0.39, 0.29) is 10.2 Å². The lowest BCUT2D eigenvalue weighted by atomic mass is 10.2. The summed E-state index contributed by atoms with van der Waals surface area (Å²) in [5.41, 5.74) is 0.957. The summed E-state index contributed by atoms with van der Waals surface area (Å²) in [5.74, 6) is -0.808. The van der Waals surface area contributed by atoms with E-state index in [1.54, 1.807) is 0 Å². The molecule has 0 bridgehead atoms. The molecule has 0 unspecified atom stereocenters. The van der Waals surface area contributed by atoms with Crippen LogP contribution in [-0.2, 0) is 0 Å². The van der Waals surface area contributed by atoms with Crippen LogP contribution in [-0.4, -0.2) is 10.6 Å². The first-order chi connectivity index (χ1) is 8.49. The Kier molecular flexibility index (Phi) is 4.29. The predicted octanol–water partition coefficient (Wildman–Crippen LogP) is 2.31. The SMILES string of the molecule is N#CC(C#N)=NNc1cc(Br)c(F)cc1[N+](=O)[O-]. The maximum atomic E-state index is 13.1. The summed E-state index contributed by atoms with van der Waals surface area (Å²) < 4.78 is 13.1. The number of hydrazone groups is 1. The summed E-state index contributed by atoms with van der Waals surface area (Å²) in [7, 11) is 0. The van der Waals surface area contributed by atoms with Gasteiger partial charge in [0.1, 0.15) is 23.6 Å². The van der Waals surface area contributed by atoms with E-state index in [4.69, 9.17) is 10.5 Å². The number of hydrogen-bond donors (Lipinski definition) is 1. The summed E-state index contributed by atoms with van der Waals surface area (Å²) in [6.45, 7) is 0. The van der Waals surface area contributed by atoms with Crippen molar-refractivity contribution in [2.75, 3.05) is 5.43 Å². The highest BCUT2D eigenvalue weighted by Gasteiger charge is 2.17. The number of halogens is 2. The van der Waals surface area contributed by atoms with Crippen molar-refractivity contribution in [3.63, 3.8) is 0 Å². The van der Waals surface area contributed by atoms with Gasteiger partial charge in [-0.05, 0) is 22.0 Å². The van der Waals surface area contributed by atoms with Gasteiger partial charge in [0, 0.05) is 0 Å². The minimum atomic E-state index is -0.814. The molecule has 0 fully saturated rings. The van der Waals surface area contributed by atoms with Crippen LogP contribution in [0.1, 0.15) is 0 Å². The summed E-state index contributed by atoms with van der Waals surface area (Å²) in [6, 6.07) is 4.72. The van der Waals surface area contributed by atoms with Crippen LogP contribution in [0.4, 0.5) is 15.8 Å². The van der Waals surface area contributed by atoms with Crippen molar-refractivity contribution in [2.24, 2.45) is 5.10 Å². The molecular formula is C9H3BrFN5O2. The fourth-order valence-corrected chi connectivity index (χ4v) is 1.31. The van der Waals surface area contributed by atoms with Gasteiger partial charge in [-0.1, -0.05) is 0 Å². The molecule has 0 amide bonds. The van der Waals surface area contributed by atoms with E-state index in [0.717, 1.165) is 6.07 Å². The van der Waals surface area contributed by atoms with Gasteiger partial charge < -0.3 is 0 Å². The molecular weight excluding hydrogens is 309 g/mol. The van der Waals surface area contributed by atoms with Gasteiger partial charge in [0.05, 0.1) is 15.5 Å². The zero-order valence-corrected chi connectivity index (χ0v) is 10.1. The first kappa shape index (κ1) is 13.5. The first-order valence-electron chi connectivity index (χ1n) is 4.27. The average molecular weight is 312 g/mol. The maximum Gasteiger partial charge on any atom is 0.297 e. The fourth-order valence-electron chi connectivity index (χ4n) is 0.968. The Morgan fingerprint density at radius 2 is 2.11 bits per heavy atom. The summed E-state index contributed by atoms with van der Waals surface area (Å²) in [4.78, 5) is 9.86. The Morgan fingerprint density at radius 3 is 2.61 bits per heavy atom. The molecule has 0 heterocycles. The molecule has 0 aliphatic heterocycles. The van der Waals surface area contributed by atoms with E-state index in [2.05, 4.69) is 26.5 Å². The summed E-state index contributed by atoms with van der Waals surface area (Å²) >= 11 is 2.85. The van der Waals surface area contributed by atoms with Crippen LogP contribution in [0, 0.1) is 38.6 Å². The van der Waals surface area contributed by atoms with Crippen LogP contribution in [0.5, 0.6) is 0 Å². The number of anilines is 1. The van der Waals surface area contributed by atoms with Gasteiger partial charge in [-0.2, -0.15) is 15.6 Å². The van der Waals surface area contributed by atoms with E-state index < -0.39 is 22.1 Å². The molecule has 1 aromatic rings. The quantitative estimate of drug-likeness (QED) is 0.522. The standard InChI is InChI=1S/C9H3BrFN5O2/c10-6-1-8(15-14-5(3-12)4-13)9(16(17)18)2-7(6)11/h1-2,15H. The van der Waals surface area contributed by atoms with Crippen LogP contribution >= 0.6 is 15.9 Å². The lowest BCUT2D eigenvalue weighted by Crippen LogP contribution is -2.01. The second kappa shape index (κ2) is 5.70. The molecule has 0 atom stereocenters. The molecule has 0 saturated carbocycles. The number of benzene rings is 1. The van der Waals surface area contributed by atoms with Crippen molar-refractivity contribution in [2.45, 2.75) is 0 Å². The largest absolute Gasteiger partial charge is 0.297 e. The van der Waals surface area contributed by atoms with Gasteiger partial charge >= 0.3 is 0 Å². The van der Waals surface area contributed by atoms with Crippen LogP contribution in [0.15, 0.2) is 21.7 Å². The molecule has 9 heteroatoms. The molecule has 0 saturated heterocycles. The Labute approximate surface area is 108 Å². The van der Waals surface area contributed by atoms with Gasteiger partial charge in [-0.15, -0.1) is 0 Å². The minimum absolute atomic E-state index is 0.0127. The lowest BCUT2D eigenvalue weighted by molar-refractivity contribution is -0.384. The molecule has 0 aliphatic rings. The van der Waals surface area contributed by atoms with E-state index in [9.17, 15) is 14.5 Å². The predicted molar refractivity (Wildman–Crippen MR) is 63.0 cm³/mol. The van der Waals surface area contributed by atoms with E-state index in [1.165, 1.54) is 12.1 Å². The Hall–Kier alpha value is -2.52. The summed E-state index contributed by atoms with van der Waals surface area (Å²) in [6.07, 6.45) is 0. The smallest absolute Gasteiger partial charge is 0.270 e. The third kappa shape index (κ3) is 2.99. The van der Waals surface area contributed by atoms with Crippen LogP contribution in [0.3, 0.4) is 0 Å². The maximum absolute atomic E-state index is 13.1. The number of nitro groups is 1. The fraction of sp³-hybridized carbons (Fsp3) is 0. The Bertz CT molecular complexity index is 601. The normalized spacial score (nSPS) is 8.89. The average Bonchev–Trinajstić information content (AvgIpc) is 2.34. The highest BCUT2D eigenvalue weighted by atomic mass is 79.9. The zero-order valence-electron chi connectivity index (χ0n) is 8.52. The van der Waals surface area contributed by atoms with Crippen molar-refractivity contribution in [3.8, 4) is 12.1 Å². The molecule has 1 aromatic carbocycles. The van der Waals surface area contributed by atoms with Gasteiger partial charge in [-0.3, -0.25) is 15.5 Å². The van der Waals surface area contributed by atoms with Crippen molar-refractivity contribution in [3.05, 3.63) is 32.5 Å². The second-order valence-corrected chi connectivity index (χ2v) is 3.69. The number of nitriles is 2. The van der Waals surface area contributed by atoms with Gasteiger partial charge in [0.25, 0.3) is 5.69 Å². The number of hydrogen-bond acceptors (Lipinski definition) is 6. The molecule has 0 aromatic heterocycles. The third-order valence-corrected chi connectivity index (χ3v) is 2.34. The topological polar surface area (TPSA) is 115 Å². The van der Waals surface area contributed by atoms with Crippen LogP contribution in [0.25, 0.3) is 0 Å². The highest BCUT2D eigenvalue weighted by molar-refractivity contribution is 9.10. The molecule has 90 valence electrons. The van der Waals surface area contributed by atoms with Crippen molar-refractivity contribution >= 4 is 33.0 Å². The van der Waals surface area contributed by atoms with Crippen LogP contribution in [0.2, 0.25) is 0 Å². The molecule has 0 aliphatic carbocycles. The number of nitro benzene ring substituents is 1. The van der Waals surface area contributed by atoms with E-state index >= 15 is 0 Å². The molecule has 1 N–H and O–H groups in total. The number of rotatable bonds is 3. The minimum Gasteiger partial charge on any atom is -0.270 e. The lowest BCUT2D eigenvalue weighted by Gasteiger charge is -2.03. The molecule has 18 heavy (non-hydrogen) atoms. The van der Waals surface area contributed by atoms with Crippen molar-refractivity contribution in [1.82, 2.24) is 0 Å². The van der Waals surface area contributed by atoms with Gasteiger partial charge in [-0.25, -0.2) is 4.39 Å². The van der Waals surface area contributed by atoms with Gasteiger partial charge in [0.15, 0.2) is 0 Å². The molecule has 0 spiro atoms.